The summed E-state index contributed by atoms with van der Waals surface area (Å²) in [7, 11) is 0. The van der Waals surface area contributed by atoms with Crippen LogP contribution in [0.1, 0.15) is 0 Å². The number of fused-ring (bicyclic) bond motifs is 5. The molecule has 0 aliphatic carbocycles. The van der Waals surface area contributed by atoms with Crippen molar-refractivity contribution in [3.8, 4) is 34.0 Å². The summed E-state index contributed by atoms with van der Waals surface area (Å²) in [5.74, 6) is 0.661. The first-order chi connectivity index (χ1) is 21.8. The van der Waals surface area contributed by atoms with E-state index in [1.54, 1.807) is 0 Å². The van der Waals surface area contributed by atoms with Crippen molar-refractivity contribution in [2.45, 2.75) is 0 Å². The quantitative estimate of drug-likeness (QED) is 0.214. The molecule has 0 radical (unpaired) electrons. The third kappa shape index (κ3) is 3.78. The van der Waals surface area contributed by atoms with Gasteiger partial charge < -0.3 is 4.57 Å². The molecule has 0 fully saturated rings. The SMILES string of the molecule is c1ccc(-n2ccc3nc(-n4c5ccccc5c5ccccc54)nc(-c4ccc(-c5cccc6ccccc56)cc4)c32)cc1. The molecule has 4 heteroatoms. The zero-order valence-electron chi connectivity index (χ0n) is 23.8. The fourth-order valence-electron chi connectivity index (χ4n) is 6.56. The standard InChI is InChI=1S/C40H26N4/c1-2-13-30(14-3-1)43-26-25-35-39(43)38(29-23-21-28(22-24-29)32-18-10-12-27-11-4-5-15-31(27)32)42-40(41-35)44-36-19-8-6-16-33(36)34-17-7-9-20-37(34)44/h1-26H. The Bertz CT molecular complexity index is 2430. The van der Waals surface area contributed by atoms with Crippen LogP contribution in [0.15, 0.2) is 158 Å². The van der Waals surface area contributed by atoms with Crippen LogP contribution in [0.5, 0.6) is 0 Å². The maximum atomic E-state index is 5.36. The molecule has 4 nitrogen and oxygen atoms in total. The van der Waals surface area contributed by atoms with Gasteiger partial charge in [0.05, 0.1) is 22.1 Å². The van der Waals surface area contributed by atoms with Crippen LogP contribution in [0.25, 0.3) is 77.6 Å². The molecule has 0 saturated carbocycles. The van der Waals surface area contributed by atoms with E-state index in [1.165, 1.54) is 32.7 Å². The van der Waals surface area contributed by atoms with Crippen molar-refractivity contribution in [3.63, 3.8) is 0 Å². The molecule has 206 valence electrons. The molecular weight excluding hydrogens is 536 g/mol. The van der Waals surface area contributed by atoms with E-state index < -0.39 is 0 Å². The summed E-state index contributed by atoms with van der Waals surface area (Å²) >= 11 is 0. The van der Waals surface area contributed by atoms with Crippen molar-refractivity contribution < 1.29 is 0 Å². The van der Waals surface area contributed by atoms with Gasteiger partial charge in [0.15, 0.2) is 0 Å². The first-order valence-corrected chi connectivity index (χ1v) is 14.9. The summed E-state index contributed by atoms with van der Waals surface area (Å²) in [5, 5.41) is 4.87. The van der Waals surface area contributed by atoms with Gasteiger partial charge in [-0.2, -0.15) is 0 Å². The van der Waals surface area contributed by atoms with E-state index in [0.717, 1.165) is 39.0 Å². The third-order valence-electron chi connectivity index (χ3n) is 8.59. The molecule has 0 aliphatic rings. The largest absolute Gasteiger partial charge is 0.313 e. The topological polar surface area (TPSA) is 35.6 Å². The molecule has 6 aromatic carbocycles. The minimum Gasteiger partial charge on any atom is -0.313 e. The van der Waals surface area contributed by atoms with Gasteiger partial charge in [0.2, 0.25) is 5.95 Å². The lowest BCUT2D eigenvalue weighted by molar-refractivity contribution is 1.01. The van der Waals surface area contributed by atoms with Gasteiger partial charge in [0, 0.05) is 28.2 Å². The van der Waals surface area contributed by atoms with Crippen LogP contribution in [0.4, 0.5) is 0 Å². The number of hydrogen-bond donors (Lipinski definition) is 0. The molecule has 9 aromatic rings. The van der Waals surface area contributed by atoms with Crippen LogP contribution in [0, 0.1) is 0 Å². The lowest BCUT2D eigenvalue weighted by atomic mass is 9.97. The highest BCUT2D eigenvalue weighted by atomic mass is 15.2. The van der Waals surface area contributed by atoms with Crippen LogP contribution in [0.2, 0.25) is 0 Å². The van der Waals surface area contributed by atoms with Crippen molar-refractivity contribution in [1.29, 1.82) is 0 Å². The zero-order chi connectivity index (χ0) is 29.0. The second kappa shape index (κ2) is 9.79. The van der Waals surface area contributed by atoms with E-state index in [-0.39, 0.29) is 0 Å². The van der Waals surface area contributed by atoms with E-state index in [1.807, 2.05) is 6.07 Å². The van der Waals surface area contributed by atoms with Crippen molar-refractivity contribution in [1.82, 2.24) is 19.1 Å². The molecule has 3 heterocycles. The number of nitrogens with zero attached hydrogens (tertiary/aromatic N) is 4. The molecule has 0 amide bonds. The van der Waals surface area contributed by atoms with Crippen molar-refractivity contribution in [2.75, 3.05) is 0 Å². The number of para-hydroxylation sites is 3. The van der Waals surface area contributed by atoms with Gasteiger partial charge in [-0.1, -0.05) is 121 Å². The normalized spacial score (nSPS) is 11.6. The molecule has 44 heavy (non-hydrogen) atoms. The van der Waals surface area contributed by atoms with Crippen LogP contribution in [-0.2, 0) is 0 Å². The van der Waals surface area contributed by atoms with Crippen molar-refractivity contribution >= 4 is 43.6 Å². The smallest absolute Gasteiger partial charge is 0.235 e. The summed E-state index contributed by atoms with van der Waals surface area (Å²) in [6.07, 6.45) is 2.10. The molecule has 0 atom stereocenters. The van der Waals surface area contributed by atoms with Gasteiger partial charge in [0.1, 0.15) is 5.69 Å². The predicted octanol–water partition coefficient (Wildman–Crippen LogP) is 10.0. The predicted molar refractivity (Wildman–Crippen MR) is 182 cm³/mol. The Balaban J connectivity index is 1.29. The molecule has 9 rings (SSSR count). The van der Waals surface area contributed by atoms with Crippen molar-refractivity contribution in [3.05, 3.63) is 158 Å². The summed E-state index contributed by atoms with van der Waals surface area (Å²) in [4.78, 5) is 10.5. The number of aromatic nitrogens is 4. The highest BCUT2D eigenvalue weighted by Gasteiger charge is 2.19. The van der Waals surface area contributed by atoms with E-state index in [0.29, 0.717) is 5.95 Å². The molecular formula is C40H26N4. The minimum absolute atomic E-state index is 0.661. The Morgan fingerprint density at radius 1 is 0.455 bits per heavy atom. The lowest BCUT2D eigenvalue weighted by Crippen LogP contribution is -2.04. The van der Waals surface area contributed by atoms with Gasteiger partial charge in [0.25, 0.3) is 0 Å². The highest BCUT2D eigenvalue weighted by molar-refractivity contribution is 6.09. The maximum Gasteiger partial charge on any atom is 0.235 e. The Morgan fingerprint density at radius 3 is 1.82 bits per heavy atom. The van der Waals surface area contributed by atoms with Crippen LogP contribution < -0.4 is 0 Å². The second-order valence-corrected chi connectivity index (χ2v) is 11.1. The average molecular weight is 563 g/mol. The monoisotopic (exact) mass is 562 g/mol. The van der Waals surface area contributed by atoms with Gasteiger partial charge in [-0.25, -0.2) is 9.97 Å². The summed E-state index contributed by atoms with van der Waals surface area (Å²) in [6.45, 7) is 0. The Kier molecular flexibility index (Phi) is 5.47. The van der Waals surface area contributed by atoms with E-state index >= 15 is 0 Å². The van der Waals surface area contributed by atoms with Crippen LogP contribution >= 0.6 is 0 Å². The molecule has 0 spiro atoms. The highest BCUT2D eigenvalue weighted by Crippen LogP contribution is 2.36. The van der Waals surface area contributed by atoms with E-state index in [2.05, 4.69) is 161 Å². The first kappa shape index (κ1) is 24.6. The Morgan fingerprint density at radius 2 is 1.07 bits per heavy atom. The molecule has 0 aliphatic heterocycles. The molecule has 0 unspecified atom stereocenters. The zero-order valence-corrected chi connectivity index (χ0v) is 23.8. The number of rotatable bonds is 4. The first-order valence-electron chi connectivity index (χ1n) is 14.9. The fourth-order valence-corrected chi connectivity index (χ4v) is 6.56. The molecule has 0 N–H and O–H groups in total. The van der Waals surface area contributed by atoms with Crippen LogP contribution in [0.3, 0.4) is 0 Å². The Labute approximate surface area is 254 Å². The average Bonchev–Trinajstić information content (AvgIpc) is 3.68. The van der Waals surface area contributed by atoms with Gasteiger partial charge in [-0.05, 0) is 52.2 Å². The summed E-state index contributed by atoms with van der Waals surface area (Å²) < 4.78 is 4.39. The second-order valence-electron chi connectivity index (χ2n) is 11.1. The minimum atomic E-state index is 0.661. The third-order valence-corrected chi connectivity index (χ3v) is 8.59. The van der Waals surface area contributed by atoms with Gasteiger partial charge in [-0.3, -0.25) is 4.57 Å². The fraction of sp³-hybridized carbons (Fsp3) is 0. The molecule has 0 bridgehead atoms. The van der Waals surface area contributed by atoms with Crippen LogP contribution in [-0.4, -0.2) is 19.1 Å². The van der Waals surface area contributed by atoms with E-state index in [9.17, 15) is 0 Å². The van der Waals surface area contributed by atoms with Crippen molar-refractivity contribution in [2.24, 2.45) is 0 Å². The maximum absolute atomic E-state index is 5.36. The van der Waals surface area contributed by atoms with Gasteiger partial charge in [-0.15, -0.1) is 0 Å². The van der Waals surface area contributed by atoms with Gasteiger partial charge >= 0.3 is 0 Å². The lowest BCUT2D eigenvalue weighted by Gasteiger charge is -2.13. The molecule has 0 saturated heterocycles. The Hall–Kier alpha value is -6.00. The molecule has 3 aromatic heterocycles. The summed E-state index contributed by atoms with van der Waals surface area (Å²) in [6, 6.07) is 53.3. The summed E-state index contributed by atoms with van der Waals surface area (Å²) in [5.41, 5.74) is 9.47. The number of benzene rings is 6. The number of hydrogen-bond acceptors (Lipinski definition) is 2. The van der Waals surface area contributed by atoms with E-state index in [4.69, 9.17) is 9.97 Å².